The van der Waals surface area contributed by atoms with Gasteiger partial charge in [0, 0.05) is 11.8 Å². The third-order valence-corrected chi connectivity index (χ3v) is 6.32. The van der Waals surface area contributed by atoms with Crippen LogP contribution in [0.5, 0.6) is 11.5 Å². The van der Waals surface area contributed by atoms with E-state index in [1.165, 1.54) is 30.6 Å². The van der Waals surface area contributed by atoms with Crippen LogP contribution >= 0.6 is 11.3 Å². The van der Waals surface area contributed by atoms with Gasteiger partial charge in [-0.05, 0) is 43.2 Å². The van der Waals surface area contributed by atoms with Crippen LogP contribution in [0.1, 0.15) is 41.8 Å². The Kier molecular flexibility index (Phi) is 4.89. The van der Waals surface area contributed by atoms with Crippen molar-refractivity contribution in [3.05, 3.63) is 59.2 Å². The van der Waals surface area contributed by atoms with Gasteiger partial charge in [-0.3, -0.25) is 14.4 Å². The van der Waals surface area contributed by atoms with Crippen LogP contribution in [0.25, 0.3) is 10.6 Å². The summed E-state index contributed by atoms with van der Waals surface area (Å²) in [5.41, 5.74) is 1.62. The molecule has 1 aliphatic heterocycles. The highest BCUT2D eigenvalue weighted by Crippen LogP contribution is 2.37. The molecule has 6 nitrogen and oxygen atoms in total. The average molecular weight is 407 g/mol. The van der Waals surface area contributed by atoms with Crippen molar-refractivity contribution in [2.75, 3.05) is 6.79 Å². The van der Waals surface area contributed by atoms with Crippen molar-refractivity contribution in [1.29, 1.82) is 0 Å². The molecule has 1 fully saturated rings. The summed E-state index contributed by atoms with van der Waals surface area (Å²) in [6.45, 7) is 0.234. The number of pyridine rings is 1. The summed E-state index contributed by atoms with van der Waals surface area (Å²) in [4.78, 5) is 23.1. The number of hydrogen-bond donors (Lipinski definition) is 0. The van der Waals surface area contributed by atoms with E-state index < -0.39 is 0 Å². The topological polar surface area (TPSA) is 65.7 Å². The number of rotatable bonds is 3. The monoisotopic (exact) mass is 407 g/mol. The molecule has 0 radical (unpaired) electrons. The van der Waals surface area contributed by atoms with Crippen molar-refractivity contribution in [3.63, 3.8) is 0 Å². The number of fused-ring (bicyclic) bond motifs is 1. The molecule has 148 valence electrons. The highest BCUT2D eigenvalue weighted by atomic mass is 32.1. The molecule has 0 bridgehead atoms. The molecule has 0 spiro atoms. The lowest BCUT2D eigenvalue weighted by atomic mass is 9.96. The van der Waals surface area contributed by atoms with Crippen molar-refractivity contribution in [3.8, 4) is 22.1 Å². The second-order valence-electron chi connectivity index (χ2n) is 7.25. The lowest BCUT2D eigenvalue weighted by molar-refractivity contribution is 0.0958. The molecule has 0 N–H and O–H groups in total. The summed E-state index contributed by atoms with van der Waals surface area (Å²) in [7, 11) is 0. The van der Waals surface area contributed by atoms with Gasteiger partial charge < -0.3 is 9.47 Å². The normalized spacial score (nSPS) is 16.9. The Labute approximate surface area is 172 Å². The summed E-state index contributed by atoms with van der Waals surface area (Å²) in [5.74, 6) is 1.33. The minimum atomic E-state index is -0.107. The quantitative estimate of drug-likeness (QED) is 0.651. The minimum absolute atomic E-state index is 0.107. The third kappa shape index (κ3) is 3.70. The van der Waals surface area contributed by atoms with Gasteiger partial charge in [-0.25, -0.2) is 4.98 Å². The predicted octanol–water partition coefficient (Wildman–Crippen LogP) is 4.26. The molecule has 1 saturated carbocycles. The van der Waals surface area contributed by atoms with E-state index >= 15 is 0 Å². The Balaban J connectivity index is 1.44. The standard InChI is InChI=1S/C22H21N3O3S/c26-22(25-11-5-4-8-20(25)24-16-6-2-1-3-7-16)19-13-23-21(29-19)15-9-10-17-18(12-15)28-14-27-17/h4-5,8-13,16H,1-3,6-7,14H2. The molecular formula is C22H21N3O3S. The Hall–Kier alpha value is -2.93. The Morgan fingerprint density at radius 3 is 2.86 bits per heavy atom. The summed E-state index contributed by atoms with van der Waals surface area (Å²) < 4.78 is 12.4. The Morgan fingerprint density at radius 2 is 1.97 bits per heavy atom. The van der Waals surface area contributed by atoms with E-state index in [4.69, 9.17) is 14.5 Å². The molecule has 3 aromatic rings. The van der Waals surface area contributed by atoms with Gasteiger partial charge in [-0.1, -0.05) is 25.3 Å². The van der Waals surface area contributed by atoms with Crippen molar-refractivity contribution >= 4 is 17.2 Å². The summed E-state index contributed by atoms with van der Waals surface area (Å²) in [6.07, 6.45) is 9.31. The van der Waals surface area contributed by atoms with Crippen molar-refractivity contribution in [2.24, 2.45) is 4.99 Å². The van der Waals surface area contributed by atoms with Gasteiger partial charge >= 0.3 is 0 Å². The number of carbonyl (C=O) groups is 1. The number of carbonyl (C=O) groups excluding carboxylic acids is 1. The first-order valence-corrected chi connectivity index (χ1v) is 10.7. The predicted molar refractivity (Wildman–Crippen MR) is 110 cm³/mol. The maximum absolute atomic E-state index is 13.2. The summed E-state index contributed by atoms with van der Waals surface area (Å²) in [6, 6.07) is 11.7. The van der Waals surface area contributed by atoms with Crippen molar-refractivity contribution in [1.82, 2.24) is 9.55 Å². The number of nitrogens with zero attached hydrogens (tertiary/aromatic N) is 3. The lowest BCUT2D eigenvalue weighted by Gasteiger charge is -2.17. The van der Waals surface area contributed by atoms with Gasteiger partial charge in [-0.15, -0.1) is 11.3 Å². The Bertz CT molecular complexity index is 1110. The van der Waals surface area contributed by atoms with E-state index in [-0.39, 0.29) is 12.7 Å². The van der Waals surface area contributed by atoms with E-state index in [0.29, 0.717) is 22.2 Å². The van der Waals surface area contributed by atoms with Gasteiger partial charge in [0.1, 0.15) is 15.4 Å². The van der Waals surface area contributed by atoms with Gasteiger partial charge in [-0.2, -0.15) is 0 Å². The molecule has 0 atom stereocenters. The highest BCUT2D eigenvalue weighted by molar-refractivity contribution is 7.16. The molecular weight excluding hydrogens is 386 g/mol. The maximum atomic E-state index is 13.2. The summed E-state index contributed by atoms with van der Waals surface area (Å²) >= 11 is 1.37. The Morgan fingerprint density at radius 1 is 1.10 bits per heavy atom. The third-order valence-electron chi connectivity index (χ3n) is 5.28. The SMILES string of the molecule is O=C(c1cnc(-c2ccc3c(c2)OCO3)s1)n1ccccc1=NC1CCCCC1. The van der Waals surface area contributed by atoms with Crippen LogP contribution in [0.15, 0.2) is 53.8 Å². The van der Waals surface area contributed by atoms with E-state index in [1.54, 1.807) is 17.0 Å². The van der Waals surface area contributed by atoms with Gasteiger partial charge in [0.05, 0.1) is 12.2 Å². The van der Waals surface area contributed by atoms with Gasteiger partial charge in [0.25, 0.3) is 5.91 Å². The lowest BCUT2D eigenvalue weighted by Crippen LogP contribution is -2.28. The van der Waals surface area contributed by atoms with E-state index in [2.05, 4.69) is 4.98 Å². The molecule has 0 saturated heterocycles. The van der Waals surface area contributed by atoms with E-state index in [1.807, 2.05) is 36.4 Å². The molecule has 2 aliphatic rings. The van der Waals surface area contributed by atoms with Gasteiger partial charge in [0.15, 0.2) is 11.5 Å². The first kappa shape index (κ1) is 18.1. The number of thiazole rings is 1. The number of hydrogen-bond acceptors (Lipinski definition) is 6. The number of aromatic nitrogens is 2. The smallest absolute Gasteiger partial charge is 0.275 e. The summed E-state index contributed by atoms with van der Waals surface area (Å²) in [5, 5.41) is 0.772. The van der Waals surface area contributed by atoms with Crippen molar-refractivity contribution < 1.29 is 14.3 Å². The zero-order chi connectivity index (χ0) is 19.6. The second kappa shape index (κ2) is 7.83. The average Bonchev–Trinajstić information content (AvgIpc) is 3.43. The van der Waals surface area contributed by atoms with Crippen LogP contribution in [0.2, 0.25) is 0 Å². The number of benzene rings is 1. The van der Waals surface area contributed by atoms with Crippen LogP contribution in [0.3, 0.4) is 0 Å². The highest BCUT2D eigenvalue weighted by Gasteiger charge is 2.18. The largest absolute Gasteiger partial charge is 0.454 e. The second-order valence-corrected chi connectivity index (χ2v) is 8.28. The molecule has 0 unspecified atom stereocenters. The first-order chi connectivity index (χ1) is 14.3. The van der Waals surface area contributed by atoms with Crippen molar-refractivity contribution in [2.45, 2.75) is 38.1 Å². The van der Waals surface area contributed by atoms with E-state index in [0.717, 1.165) is 29.2 Å². The van der Waals surface area contributed by atoms with Crippen LogP contribution in [-0.2, 0) is 0 Å². The molecule has 7 heteroatoms. The molecule has 0 amide bonds. The maximum Gasteiger partial charge on any atom is 0.275 e. The number of ether oxygens (including phenoxy) is 2. The molecule has 1 aromatic carbocycles. The van der Waals surface area contributed by atoms with Crippen LogP contribution in [0, 0.1) is 0 Å². The minimum Gasteiger partial charge on any atom is -0.454 e. The molecule has 3 heterocycles. The fourth-order valence-electron chi connectivity index (χ4n) is 3.76. The fraction of sp³-hybridized carbons (Fsp3) is 0.318. The van der Waals surface area contributed by atoms with Crippen LogP contribution in [0.4, 0.5) is 0 Å². The zero-order valence-corrected chi connectivity index (χ0v) is 16.7. The van der Waals surface area contributed by atoms with Gasteiger partial charge in [0.2, 0.25) is 6.79 Å². The fourth-order valence-corrected chi connectivity index (χ4v) is 4.61. The van der Waals surface area contributed by atoms with Crippen LogP contribution in [-0.4, -0.2) is 28.3 Å². The molecule has 1 aliphatic carbocycles. The zero-order valence-electron chi connectivity index (χ0n) is 15.9. The first-order valence-electron chi connectivity index (χ1n) is 9.90. The van der Waals surface area contributed by atoms with E-state index in [9.17, 15) is 4.79 Å². The molecule has 5 rings (SSSR count). The molecule has 29 heavy (non-hydrogen) atoms. The van der Waals surface area contributed by atoms with Crippen LogP contribution < -0.4 is 15.0 Å². The molecule has 2 aromatic heterocycles.